The van der Waals surface area contributed by atoms with Crippen molar-refractivity contribution in [3.8, 4) is 0 Å². The van der Waals surface area contributed by atoms with Crippen molar-refractivity contribution in [3.05, 3.63) is 33.9 Å². The fraction of sp³-hybridized carbons (Fsp3) is 0.364. The van der Waals surface area contributed by atoms with Gasteiger partial charge in [-0.3, -0.25) is 10.1 Å². The van der Waals surface area contributed by atoms with Gasteiger partial charge in [0.1, 0.15) is 11.2 Å². The molecule has 0 aliphatic heterocycles. The smallest absolute Gasteiger partial charge is 0.345 e. The second-order valence-electron chi connectivity index (χ2n) is 4.54. The second-order valence-corrected chi connectivity index (χ2v) is 4.54. The average Bonchev–Trinajstić information content (AvgIpc) is 2.14. The molecule has 92 valence electrons. The molecule has 0 heterocycles. The van der Waals surface area contributed by atoms with Crippen molar-refractivity contribution >= 4 is 17.3 Å². The number of anilines is 1. The number of nitrogens with zero attached hydrogens (tertiary/aromatic N) is 1. The highest BCUT2D eigenvalue weighted by atomic mass is 16.6. The Hall–Kier alpha value is -2.11. The topological polar surface area (TPSA) is 95.5 Å². The first kappa shape index (κ1) is 13.0. The maximum atomic E-state index is 11.7. The molecule has 0 saturated carbocycles. The van der Waals surface area contributed by atoms with Gasteiger partial charge in [-0.25, -0.2) is 4.79 Å². The lowest BCUT2D eigenvalue weighted by atomic mass is 10.1. The highest BCUT2D eigenvalue weighted by Crippen LogP contribution is 2.24. The van der Waals surface area contributed by atoms with Crippen LogP contribution >= 0.6 is 0 Å². The van der Waals surface area contributed by atoms with Crippen LogP contribution < -0.4 is 5.73 Å². The quantitative estimate of drug-likeness (QED) is 0.368. The minimum atomic E-state index is -0.732. The Morgan fingerprint density at radius 2 is 2.00 bits per heavy atom. The van der Waals surface area contributed by atoms with Gasteiger partial charge >= 0.3 is 5.97 Å². The molecular formula is C11H14N2O4. The molecule has 0 bridgehead atoms. The molecule has 2 N–H and O–H groups in total. The number of carbonyl (C=O) groups is 1. The van der Waals surface area contributed by atoms with Crippen LogP contribution in [0.25, 0.3) is 0 Å². The summed E-state index contributed by atoms with van der Waals surface area (Å²) < 4.78 is 5.07. The third-order valence-corrected chi connectivity index (χ3v) is 1.84. The maximum Gasteiger partial charge on any atom is 0.345 e. The Balaban J connectivity index is 3.14. The highest BCUT2D eigenvalue weighted by Gasteiger charge is 2.25. The van der Waals surface area contributed by atoms with Gasteiger partial charge in [0.15, 0.2) is 0 Å². The standard InChI is InChI=1S/C11H14N2O4/c1-11(2,3)17-10(14)8-5-4-7(12)6-9(8)13(15)16/h4-6H,12H2,1-3H3. The van der Waals surface area contributed by atoms with E-state index in [0.717, 1.165) is 6.07 Å². The Labute approximate surface area is 98.5 Å². The zero-order valence-corrected chi connectivity index (χ0v) is 9.89. The summed E-state index contributed by atoms with van der Waals surface area (Å²) in [5.41, 5.74) is 4.51. The SMILES string of the molecule is CC(C)(C)OC(=O)c1ccc(N)cc1[N+](=O)[O-]. The van der Waals surface area contributed by atoms with Crippen molar-refractivity contribution in [2.75, 3.05) is 5.73 Å². The molecule has 0 amide bonds. The molecule has 0 unspecified atom stereocenters. The van der Waals surface area contributed by atoms with Crippen molar-refractivity contribution in [1.29, 1.82) is 0 Å². The molecule has 1 aromatic rings. The molecule has 0 spiro atoms. The molecule has 6 nitrogen and oxygen atoms in total. The number of ether oxygens (including phenoxy) is 1. The number of nitrogens with two attached hydrogens (primary N) is 1. The van der Waals surface area contributed by atoms with Crippen LogP contribution in [-0.2, 0) is 4.74 Å². The average molecular weight is 238 g/mol. The zero-order chi connectivity index (χ0) is 13.2. The summed E-state index contributed by atoms with van der Waals surface area (Å²) in [4.78, 5) is 21.9. The summed E-state index contributed by atoms with van der Waals surface area (Å²) in [5.74, 6) is -0.732. The van der Waals surface area contributed by atoms with Gasteiger partial charge < -0.3 is 10.5 Å². The van der Waals surface area contributed by atoms with Crippen molar-refractivity contribution in [1.82, 2.24) is 0 Å². The van der Waals surface area contributed by atoms with E-state index < -0.39 is 16.5 Å². The summed E-state index contributed by atoms with van der Waals surface area (Å²) in [6.07, 6.45) is 0. The van der Waals surface area contributed by atoms with E-state index >= 15 is 0 Å². The number of nitro groups is 1. The lowest BCUT2D eigenvalue weighted by molar-refractivity contribution is -0.385. The largest absolute Gasteiger partial charge is 0.456 e. The van der Waals surface area contributed by atoms with Gasteiger partial charge in [-0.2, -0.15) is 0 Å². The van der Waals surface area contributed by atoms with Gasteiger partial charge in [-0.05, 0) is 32.9 Å². The van der Waals surface area contributed by atoms with Gasteiger partial charge in [-0.1, -0.05) is 0 Å². The molecule has 0 aromatic heterocycles. The van der Waals surface area contributed by atoms with Gasteiger partial charge in [0.2, 0.25) is 0 Å². The molecule has 17 heavy (non-hydrogen) atoms. The predicted molar refractivity (Wildman–Crippen MR) is 62.7 cm³/mol. The molecule has 0 radical (unpaired) electrons. The first-order valence-electron chi connectivity index (χ1n) is 4.98. The minimum Gasteiger partial charge on any atom is -0.456 e. The van der Waals surface area contributed by atoms with Crippen LogP contribution in [0.15, 0.2) is 18.2 Å². The summed E-state index contributed by atoms with van der Waals surface area (Å²) in [6, 6.07) is 3.85. The fourth-order valence-electron chi connectivity index (χ4n) is 1.21. The van der Waals surface area contributed by atoms with E-state index in [1.807, 2.05) is 0 Å². The number of carbonyl (C=O) groups excluding carboxylic acids is 1. The monoisotopic (exact) mass is 238 g/mol. The van der Waals surface area contributed by atoms with Crippen LogP contribution in [0.5, 0.6) is 0 Å². The van der Waals surface area contributed by atoms with E-state index in [1.165, 1.54) is 12.1 Å². The predicted octanol–water partition coefficient (Wildman–Crippen LogP) is 2.13. The van der Waals surface area contributed by atoms with Gasteiger partial charge in [0.25, 0.3) is 5.69 Å². The van der Waals surface area contributed by atoms with Crippen LogP contribution in [0.2, 0.25) is 0 Å². The van der Waals surface area contributed by atoms with Crippen LogP contribution in [-0.4, -0.2) is 16.5 Å². The van der Waals surface area contributed by atoms with Crippen molar-refractivity contribution in [2.24, 2.45) is 0 Å². The Morgan fingerprint density at radius 3 is 2.47 bits per heavy atom. The van der Waals surface area contributed by atoms with E-state index in [4.69, 9.17) is 10.5 Å². The molecule has 1 aromatic carbocycles. The maximum absolute atomic E-state index is 11.7. The van der Waals surface area contributed by atoms with Crippen LogP contribution in [0.3, 0.4) is 0 Å². The number of hydrogen-bond acceptors (Lipinski definition) is 5. The number of rotatable bonds is 2. The number of nitro benzene ring substituents is 1. The zero-order valence-electron chi connectivity index (χ0n) is 9.89. The van der Waals surface area contributed by atoms with Gasteiger partial charge in [0.05, 0.1) is 4.92 Å². The van der Waals surface area contributed by atoms with Gasteiger partial charge in [0, 0.05) is 11.8 Å². The Kier molecular flexibility index (Phi) is 3.36. The van der Waals surface area contributed by atoms with Crippen LogP contribution in [0.4, 0.5) is 11.4 Å². The van der Waals surface area contributed by atoms with Gasteiger partial charge in [-0.15, -0.1) is 0 Å². The molecule has 0 atom stereocenters. The number of hydrogen-bond donors (Lipinski definition) is 1. The number of nitrogen functional groups attached to an aromatic ring is 1. The summed E-state index contributed by atoms with van der Waals surface area (Å²) in [5, 5.41) is 10.8. The number of benzene rings is 1. The molecule has 0 fully saturated rings. The molecule has 0 saturated heterocycles. The van der Waals surface area contributed by atoms with Crippen molar-refractivity contribution < 1.29 is 14.5 Å². The second kappa shape index (κ2) is 4.40. The third kappa shape index (κ3) is 3.44. The van der Waals surface area contributed by atoms with Crippen LogP contribution in [0.1, 0.15) is 31.1 Å². The van der Waals surface area contributed by atoms with Crippen LogP contribution in [0, 0.1) is 10.1 Å². The third-order valence-electron chi connectivity index (χ3n) is 1.84. The molecular weight excluding hydrogens is 224 g/mol. The summed E-state index contributed by atoms with van der Waals surface area (Å²) in [7, 11) is 0. The highest BCUT2D eigenvalue weighted by molar-refractivity contribution is 5.94. The molecule has 6 heteroatoms. The Bertz CT molecular complexity index is 463. The minimum absolute atomic E-state index is 0.0980. The van der Waals surface area contributed by atoms with E-state index in [2.05, 4.69) is 0 Å². The summed E-state index contributed by atoms with van der Waals surface area (Å²) >= 11 is 0. The fourth-order valence-corrected chi connectivity index (χ4v) is 1.21. The summed E-state index contributed by atoms with van der Waals surface area (Å²) in [6.45, 7) is 5.07. The van der Waals surface area contributed by atoms with E-state index in [-0.39, 0.29) is 16.9 Å². The van der Waals surface area contributed by atoms with E-state index in [1.54, 1.807) is 20.8 Å². The lowest BCUT2D eigenvalue weighted by Crippen LogP contribution is -2.24. The van der Waals surface area contributed by atoms with E-state index in [0.29, 0.717) is 0 Å². The van der Waals surface area contributed by atoms with E-state index in [9.17, 15) is 14.9 Å². The first-order valence-corrected chi connectivity index (χ1v) is 4.98. The molecule has 0 aliphatic carbocycles. The van der Waals surface area contributed by atoms with Crippen molar-refractivity contribution in [2.45, 2.75) is 26.4 Å². The Morgan fingerprint density at radius 1 is 1.41 bits per heavy atom. The normalized spacial score (nSPS) is 11.0. The molecule has 0 aliphatic rings. The lowest BCUT2D eigenvalue weighted by Gasteiger charge is -2.19. The first-order chi connectivity index (χ1) is 7.70. The molecule has 1 rings (SSSR count). The number of esters is 1. The van der Waals surface area contributed by atoms with Crippen molar-refractivity contribution in [3.63, 3.8) is 0 Å².